The molecule has 0 unspecified atom stereocenters. The minimum Gasteiger partial charge on any atom is -0.352 e. The molecule has 0 atom stereocenters. The van der Waals surface area contributed by atoms with Crippen molar-refractivity contribution < 1.29 is 4.79 Å². The van der Waals surface area contributed by atoms with Crippen LogP contribution in [0.4, 0.5) is 0 Å². The molecule has 0 aliphatic carbocycles. The highest BCUT2D eigenvalue weighted by molar-refractivity contribution is 9.10. The Morgan fingerprint density at radius 1 is 1.15 bits per heavy atom. The monoisotopic (exact) mass is 371 g/mol. The highest BCUT2D eigenvalue weighted by atomic mass is 79.9. The number of benzene rings is 2. The van der Waals surface area contributed by atoms with E-state index >= 15 is 0 Å². The quantitative estimate of drug-likeness (QED) is 0.825. The van der Waals surface area contributed by atoms with Crippen LogP contribution < -0.4 is 5.32 Å². The van der Waals surface area contributed by atoms with Gasteiger partial charge in [0.2, 0.25) is 0 Å². The van der Waals surface area contributed by atoms with E-state index in [-0.39, 0.29) is 5.91 Å². The fraction of sp³-hybridized carbons (Fsp3) is 0.133. The predicted octanol–water partition coefficient (Wildman–Crippen LogP) is 4.73. The molecule has 0 aliphatic heterocycles. The van der Waals surface area contributed by atoms with Gasteiger partial charge in [0, 0.05) is 16.0 Å². The zero-order valence-corrected chi connectivity index (χ0v) is 13.6. The molecule has 2 nitrogen and oxygen atoms in total. The second-order valence-electron chi connectivity index (χ2n) is 4.26. The Balaban J connectivity index is 1.94. The second-order valence-corrected chi connectivity index (χ2v) is 6.02. The van der Waals surface area contributed by atoms with E-state index in [0.717, 1.165) is 16.5 Å². The largest absolute Gasteiger partial charge is 0.352 e. The number of rotatable bonds is 4. The molecule has 0 aliphatic rings. The summed E-state index contributed by atoms with van der Waals surface area (Å²) in [6.07, 6.45) is 0.720. The molecule has 2 aromatic rings. The van der Waals surface area contributed by atoms with E-state index in [0.29, 0.717) is 22.2 Å². The SMILES string of the molecule is O=C(NCCc1cccc(Cl)c1)c1cc(Br)ccc1Cl. The predicted molar refractivity (Wildman–Crippen MR) is 86.6 cm³/mol. The lowest BCUT2D eigenvalue weighted by Crippen LogP contribution is -2.26. The van der Waals surface area contributed by atoms with Crippen molar-refractivity contribution in [1.82, 2.24) is 5.32 Å². The molecule has 0 aromatic heterocycles. The summed E-state index contributed by atoms with van der Waals surface area (Å²) in [5, 5.41) is 3.98. The zero-order chi connectivity index (χ0) is 14.5. The average Bonchev–Trinajstić information content (AvgIpc) is 2.41. The molecule has 20 heavy (non-hydrogen) atoms. The van der Waals surface area contributed by atoms with Crippen LogP contribution in [0.2, 0.25) is 10.0 Å². The van der Waals surface area contributed by atoms with Crippen molar-refractivity contribution in [2.24, 2.45) is 0 Å². The number of hydrogen-bond donors (Lipinski definition) is 1. The Labute approximate surface area is 136 Å². The third-order valence-corrected chi connectivity index (χ3v) is 3.82. The number of nitrogens with one attached hydrogen (secondary N) is 1. The van der Waals surface area contributed by atoms with Crippen LogP contribution >= 0.6 is 39.1 Å². The molecule has 1 N–H and O–H groups in total. The Morgan fingerprint density at radius 2 is 1.95 bits per heavy atom. The van der Waals surface area contributed by atoms with Gasteiger partial charge in [-0.15, -0.1) is 0 Å². The van der Waals surface area contributed by atoms with Crippen LogP contribution in [-0.2, 0) is 6.42 Å². The number of amides is 1. The molecule has 104 valence electrons. The van der Waals surface area contributed by atoms with Crippen LogP contribution in [0.25, 0.3) is 0 Å². The summed E-state index contributed by atoms with van der Waals surface area (Å²) < 4.78 is 0.821. The van der Waals surface area contributed by atoms with Crippen LogP contribution in [0.3, 0.4) is 0 Å². The first-order valence-corrected chi connectivity index (χ1v) is 7.59. The summed E-state index contributed by atoms with van der Waals surface area (Å²) in [5.41, 5.74) is 1.55. The minimum atomic E-state index is -0.182. The van der Waals surface area contributed by atoms with E-state index in [2.05, 4.69) is 21.2 Å². The van der Waals surface area contributed by atoms with Gasteiger partial charge >= 0.3 is 0 Å². The topological polar surface area (TPSA) is 29.1 Å². The van der Waals surface area contributed by atoms with Gasteiger partial charge in [-0.1, -0.05) is 51.3 Å². The summed E-state index contributed by atoms with van der Waals surface area (Å²) in [7, 11) is 0. The lowest BCUT2D eigenvalue weighted by Gasteiger charge is -2.07. The lowest BCUT2D eigenvalue weighted by atomic mass is 10.1. The smallest absolute Gasteiger partial charge is 0.252 e. The molecule has 0 spiro atoms. The Bertz CT molecular complexity index is 631. The normalized spacial score (nSPS) is 10.3. The van der Waals surface area contributed by atoms with Gasteiger partial charge in [-0.2, -0.15) is 0 Å². The molecule has 5 heteroatoms. The first-order valence-electron chi connectivity index (χ1n) is 6.04. The Morgan fingerprint density at radius 3 is 2.70 bits per heavy atom. The molecule has 0 bridgehead atoms. The number of carbonyl (C=O) groups is 1. The van der Waals surface area contributed by atoms with Crippen LogP contribution in [0.5, 0.6) is 0 Å². The molecule has 1 amide bonds. The molecular formula is C15H12BrCl2NO. The van der Waals surface area contributed by atoms with E-state index in [4.69, 9.17) is 23.2 Å². The van der Waals surface area contributed by atoms with E-state index in [1.165, 1.54) is 0 Å². The summed E-state index contributed by atoms with van der Waals surface area (Å²) in [6.45, 7) is 0.530. The van der Waals surface area contributed by atoms with E-state index in [1.807, 2.05) is 24.3 Å². The fourth-order valence-corrected chi connectivity index (χ4v) is 2.56. The van der Waals surface area contributed by atoms with Gasteiger partial charge in [0.1, 0.15) is 0 Å². The highest BCUT2D eigenvalue weighted by Gasteiger charge is 2.10. The molecule has 0 radical (unpaired) electrons. The first kappa shape index (κ1) is 15.4. The molecule has 0 fully saturated rings. The van der Waals surface area contributed by atoms with Gasteiger partial charge in [0.15, 0.2) is 0 Å². The average molecular weight is 373 g/mol. The van der Waals surface area contributed by atoms with Crippen LogP contribution in [0, 0.1) is 0 Å². The van der Waals surface area contributed by atoms with E-state index in [1.54, 1.807) is 18.2 Å². The van der Waals surface area contributed by atoms with Gasteiger partial charge in [0.05, 0.1) is 10.6 Å². The molecule has 0 heterocycles. The maximum absolute atomic E-state index is 12.0. The van der Waals surface area contributed by atoms with Crippen molar-refractivity contribution >= 4 is 45.0 Å². The van der Waals surface area contributed by atoms with Crippen molar-refractivity contribution in [2.75, 3.05) is 6.54 Å². The minimum absolute atomic E-state index is 0.182. The van der Waals surface area contributed by atoms with Gasteiger partial charge in [0.25, 0.3) is 5.91 Å². The number of carbonyl (C=O) groups excluding carboxylic acids is 1. The molecule has 2 rings (SSSR count). The maximum Gasteiger partial charge on any atom is 0.252 e. The summed E-state index contributed by atoms with van der Waals surface area (Å²) in [5.74, 6) is -0.182. The van der Waals surface area contributed by atoms with Crippen molar-refractivity contribution in [2.45, 2.75) is 6.42 Å². The zero-order valence-electron chi connectivity index (χ0n) is 10.5. The van der Waals surface area contributed by atoms with Gasteiger partial charge in [-0.05, 0) is 42.3 Å². The van der Waals surface area contributed by atoms with E-state index in [9.17, 15) is 4.79 Å². The standard InChI is InChI=1S/C15H12BrCl2NO/c16-11-4-5-14(18)13(9-11)15(20)19-7-6-10-2-1-3-12(17)8-10/h1-5,8-9H,6-7H2,(H,19,20). The fourth-order valence-electron chi connectivity index (χ4n) is 1.78. The summed E-state index contributed by atoms with van der Waals surface area (Å²) in [4.78, 5) is 12.0. The molecule has 0 saturated carbocycles. The van der Waals surface area contributed by atoms with Crippen molar-refractivity contribution in [3.63, 3.8) is 0 Å². The van der Waals surface area contributed by atoms with Gasteiger partial charge < -0.3 is 5.32 Å². The lowest BCUT2D eigenvalue weighted by molar-refractivity contribution is 0.0954. The third kappa shape index (κ3) is 4.23. The van der Waals surface area contributed by atoms with Crippen molar-refractivity contribution in [3.8, 4) is 0 Å². The Kier molecular flexibility index (Phi) is 5.46. The maximum atomic E-state index is 12.0. The van der Waals surface area contributed by atoms with Crippen molar-refractivity contribution in [3.05, 3.63) is 68.1 Å². The van der Waals surface area contributed by atoms with Crippen molar-refractivity contribution in [1.29, 1.82) is 0 Å². The number of hydrogen-bond acceptors (Lipinski definition) is 1. The van der Waals surface area contributed by atoms with Crippen LogP contribution in [0.15, 0.2) is 46.9 Å². The third-order valence-electron chi connectivity index (χ3n) is 2.76. The first-order chi connectivity index (χ1) is 9.56. The van der Waals surface area contributed by atoms with E-state index < -0.39 is 0 Å². The molecular weight excluding hydrogens is 361 g/mol. The Hall–Kier alpha value is -1.03. The van der Waals surface area contributed by atoms with Crippen LogP contribution in [0.1, 0.15) is 15.9 Å². The summed E-state index contributed by atoms with van der Waals surface area (Å²) >= 11 is 15.2. The van der Waals surface area contributed by atoms with Crippen LogP contribution in [-0.4, -0.2) is 12.5 Å². The van der Waals surface area contributed by atoms with Gasteiger partial charge in [-0.25, -0.2) is 0 Å². The van der Waals surface area contributed by atoms with Gasteiger partial charge in [-0.3, -0.25) is 4.79 Å². The molecule has 2 aromatic carbocycles. The second kappa shape index (κ2) is 7.11. The summed E-state index contributed by atoms with van der Waals surface area (Å²) in [6, 6.07) is 12.8. The molecule has 0 saturated heterocycles. The number of halogens is 3. The highest BCUT2D eigenvalue weighted by Crippen LogP contribution is 2.20.